The van der Waals surface area contributed by atoms with Crippen molar-refractivity contribution in [1.29, 1.82) is 0 Å². The fourth-order valence-electron chi connectivity index (χ4n) is 2.24. The molecular formula is C14H16ClNO3S. The van der Waals surface area contributed by atoms with Gasteiger partial charge in [0.05, 0.1) is 24.0 Å². The van der Waals surface area contributed by atoms with E-state index >= 15 is 0 Å². The Bertz CT molecular complexity index is 537. The topological polar surface area (TPSA) is 46.6 Å². The Kier molecular flexibility index (Phi) is 4.60. The monoisotopic (exact) mass is 313 g/mol. The van der Waals surface area contributed by atoms with Crippen molar-refractivity contribution in [2.45, 2.75) is 5.38 Å². The number of fused-ring (bicyclic) bond motifs is 1. The Hall–Kier alpha value is -1.20. The lowest BCUT2D eigenvalue weighted by atomic mass is 9.88. The van der Waals surface area contributed by atoms with E-state index in [0.29, 0.717) is 11.3 Å². The molecule has 1 fully saturated rings. The summed E-state index contributed by atoms with van der Waals surface area (Å²) < 4.78 is 4.76. The van der Waals surface area contributed by atoms with E-state index < -0.39 is 17.3 Å². The number of carbonyl (C=O) groups excluding carboxylic acids is 2. The molecule has 1 saturated heterocycles. The minimum Gasteiger partial charge on any atom is -0.465 e. The Morgan fingerprint density at radius 3 is 2.85 bits per heavy atom. The molecule has 2 atom stereocenters. The molecule has 0 radical (unpaired) electrons. The molecule has 0 aromatic heterocycles. The third kappa shape index (κ3) is 2.79. The summed E-state index contributed by atoms with van der Waals surface area (Å²) in [6, 6.07) is 0. The molecule has 0 N–H and O–H groups in total. The van der Waals surface area contributed by atoms with E-state index in [1.54, 1.807) is 12.2 Å². The van der Waals surface area contributed by atoms with Crippen molar-refractivity contribution in [2.75, 3.05) is 27.0 Å². The predicted octanol–water partition coefficient (Wildman–Crippen LogP) is 1.97. The van der Waals surface area contributed by atoms with Crippen molar-refractivity contribution < 1.29 is 14.3 Å². The van der Waals surface area contributed by atoms with Gasteiger partial charge in [-0.25, -0.2) is 4.79 Å². The van der Waals surface area contributed by atoms with E-state index in [0.717, 1.165) is 10.5 Å². The molecule has 0 saturated carbocycles. The second-order valence-electron chi connectivity index (χ2n) is 4.82. The summed E-state index contributed by atoms with van der Waals surface area (Å²) in [5.41, 5.74) is 1.16. The van der Waals surface area contributed by atoms with Crippen molar-refractivity contribution in [1.82, 2.24) is 4.90 Å². The zero-order valence-electron chi connectivity index (χ0n) is 11.6. The molecule has 6 heteroatoms. The van der Waals surface area contributed by atoms with Crippen LogP contribution in [-0.4, -0.2) is 49.0 Å². The number of esters is 1. The molecule has 0 aromatic carbocycles. The molecule has 0 aromatic rings. The molecule has 1 aliphatic heterocycles. The molecule has 1 aliphatic carbocycles. The predicted molar refractivity (Wildman–Crippen MR) is 80.5 cm³/mol. The quantitative estimate of drug-likeness (QED) is 0.443. The number of hydrogen-bond acceptors (Lipinski definition) is 5. The van der Waals surface area contributed by atoms with Crippen molar-refractivity contribution in [2.24, 2.45) is 5.92 Å². The van der Waals surface area contributed by atoms with E-state index in [1.807, 2.05) is 25.2 Å². The molecule has 20 heavy (non-hydrogen) atoms. The normalized spacial score (nSPS) is 27.6. The van der Waals surface area contributed by atoms with E-state index in [-0.39, 0.29) is 5.78 Å². The van der Waals surface area contributed by atoms with Crippen molar-refractivity contribution in [3.05, 3.63) is 34.4 Å². The van der Waals surface area contributed by atoms with Crippen LogP contribution in [0.15, 0.2) is 34.4 Å². The fourth-order valence-corrected chi connectivity index (χ4v) is 3.90. The number of rotatable bonds is 2. The lowest BCUT2D eigenvalue weighted by molar-refractivity contribution is -0.135. The van der Waals surface area contributed by atoms with Crippen LogP contribution in [-0.2, 0) is 14.3 Å². The maximum Gasteiger partial charge on any atom is 0.338 e. The first-order chi connectivity index (χ1) is 9.45. The van der Waals surface area contributed by atoms with Gasteiger partial charge in [0.15, 0.2) is 5.78 Å². The Morgan fingerprint density at radius 1 is 1.55 bits per heavy atom. The van der Waals surface area contributed by atoms with Crippen molar-refractivity contribution in [3.63, 3.8) is 0 Å². The molecule has 108 valence electrons. The molecule has 4 nitrogen and oxygen atoms in total. The molecule has 2 aliphatic rings. The van der Waals surface area contributed by atoms with Crippen LogP contribution < -0.4 is 0 Å². The van der Waals surface area contributed by atoms with E-state index in [4.69, 9.17) is 16.3 Å². The van der Waals surface area contributed by atoms with Crippen LogP contribution in [0.3, 0.4) is 0 Å². The number of hydrogen-bond donors (Lipinski definition) is 0. The SMILES string of the molecule is COC(=O)C1=C2SCC(=CN(C)C)C(=O)C2C(Cl)C=C1. The third-order valence-electron chi connectivity index (χ3n) is 3.11. The van der Waals surface area contributed by atoms with E-state index in [2.05, 4.69) is 0 Å². The van der Waals surface area contributed by atoms with Gasteiger partial charge >= 0.3 is 5.97 Å². The second-order valence-corrected chi connectivity index (χ2v) is 6.34. The first kappa shape index (κ1) is 15.2. The average molecular weight is 314 g/mol. The summed E-state index contributed by atoms with van der Waals surface area (Å²) in [6.07, 6.45) is 5.14. The smallest absolute Gasteiger partial charge is 0.338 e. The zero-order valence-corrected chi connectivity index (χ0v) is 13.1. The number of methoxy groups -OCH3 is 1. The van der Waals surface area contributed by atoms with Gasteiger partial charge in [-0.3, -0.25) is 4.79 Å². The molecular weight excluding hydrogens is 298 g/mol. The van der Waals surface area contributed by atoms with Crippen LogP contribution in [0.4, 0.5) is 0 Å². The molecule has 0 bridgehead atoms. The number of halogens is 1. The summed E-state index contributed by atoms with van der Waals surface area (Å²) >= 11 is 7.74. The highest BCUT2D eigenvalue weighted by atomic mass is 35.5. The summed E-state index contributed by atoms with van der Waals surface area (Å²) in [7, 11) is 5.07. The minimum absolute atomic E-state index is 0.0156. The Morgan fingerprint density at radius 2 is 2.25 bits per heavy atom. The van der Waals surface area contributed by atoms with Gasteiger partial charge in [0.1, 0.15) is 0 Å². The number of ether oxygens (including phenoxy) is 1. The van der Waals surface area contributed by atoms with Crippen molar-refractivity contribution in [3.8, 4) is 0 Å². The standard InChI is InChI=1S/C14H16ClNO3S/c1-16(2)6-8-7-20-13-9(14(18)19-3)4-5-10(15)11(13)12(8)17/h4-6,10-11H,7H2,1-3H3. The lowest BCUT2D eigenvalue weighted by Gasteiger charge is -2.31. The van der Waals surface area contributed by atoms with Crippen LogP contribution in [0.1, 0.15) is 0 Å². The molecule has 1 heterocycles. The average Bonchev–Trinajstić information content (AvgIpc) is 2.41. The summed E-state index contributed by atoms with van der Waals surface area (Å²) in [5.74, 6) is -0.384. The zero-order chi connectivity index (χ0) is 14.9. The third-order valence-corrected chi connectivity index (χ3v) is 4.75. The minimum atomic E-state index is -0.485. The fraction of sp³-hybridized carbons (Fsp3) is 0.429. The molecule has 0 spiro atoms. The van der Waals surface area contributed by atoms with Gasteiger partial charge in [0.25, 0.3) is 0 Å². The number of allylic oxidation sites excluding steroid dienone is 2. The lowest BCUT2D eigenvalue weighted by Crippen LogP contribution is -2.34. The number of thioether (sulfide) groups is 1. The summed E-state index contributed by atoms with van der Waals surface area (Å²) in [6.45, 7) is 0. The van der Waals surface area contributed by atoms with Crippen LogP contribution in [0.25, 0.3) is 0 Å². The number of carbonyl (C=O) groups is 2. The summed E-state index contributed by atoms with van der Waals surface area (Å²) in [5, 5.41) is -0.427. The largest absolute Gasteiger partial charge is 0.465 e. The van der Waals surface area contributed by atoms with Crippen LogP contribution >= 0.6 is 23.4 Å². The van der Waals surface area contributed by atoms with Gasteiger partial charge in [-0.2, -0.15) is 0 Å². The highest BCUT2D eigenvalue weighted by molar-refractivity contribution is 8.03. The van der Waals surface area contributed by atoms with Gasteiger partial charge in [-0.1, -0.05) is 6.08 Å². The Labute approximate surface area is 127 Å². The molecule has 2 rings (SSSR count). The maximum absolute atomic E-state index is 12.5. The van der Waals surface area contributed by atoms with Gasteiger partial charge in [0.2, 0.25) is 0 Å². The van der Waals surface area contributed by atoms with Gasteiger partial charge in [0, 0.05) is 36.5 Å². The Balaban J connectivity index is 2.41. The van der Waals surface area contributed by atoms with Gasteiger partial charge in [-0.05, 0) is 6.08 Å². The maximum atomic E-state index is 12.5. The highest BCUT2D eigenvalue weighted by Crippen LogP contribution is 2.43. The highest BCUT2D eigenvalue weighted by Gasteiger charge is 2.40. The van der Waals surface area contributed by atoms with Crippen LogP contribution in [0, 0.1) is 5.92 Å². The van der Waals surface area contributed by atoms with Crippen molar-refractivity contribution >= 4 is 35.1 Å². The van der Waals surface area contributed by atoms with E-state index in [9.17, 15) is 9.59 Å². The second kappa shape index (κ2) is 6.06. The van der Waals surface area contributed by atoms with Gasteiger partial charge in [-0.15, -0.1) is 23.4 Å². The first-order valence-corrected chi connectivity index (χ1v) is 7.56. The number of nitrogens with zero attached hydrogens (tertiary/aromatic N) is 1. The number of Topliss-reactive ketones (excluding diaryl/α,β-unsaturated/α-hetero) is 1. The number of alkyl halides is 1. The van der Waals surface area contributed by atoms with E-state index in [1.165, 1.54) is 18.9 Å². The molecule has 0 amide bonds. The van der Waals surface area contributed by atoms with Gasteiger partial charge < -0.3 is 9.64 Å². The van der Waals surface area contributed by atoms with Crippen LogP contribution in [0.2, 0.25) is 0 Å². The number of ketones is 1. The molecule has 2 unspecified atom stereocenters. The summed E-state index contributed by atoms with van der Waals surface area (Å²) in [4.78, 5) is 26.9. The first-order valence-electron chi connectivity index (χ1n) is 6.14. The van der Waals surface area contributed by atoms with Crippen LogP contribution in [0.5, 0.6) is 0 Å².